The van der Waals surface area contributed by atoms with Crippen LogP contribution in [0.5, 0.6) is 0 Å². The molecule has 1 aromatic heterocycles. The second-order valence-corrected chi connectivity index (χ2v) is 4.21. The van der Waals surface area contributed by atoms with Crippen molar-refractivity contribution in [1.29, 1.82) is 0 Å². The van der Waals surface area contributed by atoms with Crippen LogP contribution in [0, 0.1) is 0 Å². The maximum Gasteiger partial charge on any atom is 0.362 e. The molecule has 110 valence electrons. The molecular weight excluding hydrogens is 272 g/mol. The van der Waals surface area contributed by atoms with E-state index in [1.54, 1.807) is 0 Å². The zero-order valence-corrected chi connectivity index (χ0v) is 10.5. The number of rotatable bonds is 3. The molecule has 20 heavy (non-hydrogen) atoms. The molecule has 4 atom stereocenters. The van der Waals surface area contributed by atoms with Gasteiger partial charge in [-0.15, -0.1) is 0 Å². The van der Waals surface area contributed by atoms with Gasteiger partial charge in [0.05, 0.1) is 13.7 Å². The highest BCUT2D eigenvalue weighted by molar-refractivity contribution is 5.86. The standard InChI is InChI=1S/C11H14N2O7/c1-19-11(18)6-9(17)13(3-2-12-6)10-8(16)7(15)5(4-14)20-10/h2-3,5,7-8,10,14-16H,4H2,1H3/t5-,7?,8?,10-/m1/s1. The van der Waals surface area contributed by atoms with Gasteiger partial charge in [0, 0.05) is 12.4 Å². The van der Waals surface area contributed by atoms with Crippen molar-refractivity contribution in [3.05, 3.63) is 28.4 Å². The normalized spacial score (nSPS) is 29.4. The van der Waals surface area contributed by atoms with Crippen LogP contribution in [-0.2, 0) is 9.47 Å². The van der Waals surface area contributed by atoms with Gasteiger partial charge < -0.3 is 24.8 Å². The van der Waals surface area contributed by atoms with Crippen LogP contribution in [0.1, 0.15) is 16.7 Å². The van der Waals surface area contributed by atoms with Gasteiger partial charge in [0.1, 0.15) is 18.3 Å². The smallest absolute Gasteiger partial charge is 0.362 e. The summed E-state index contributed by atoms with van der Waals surface area (Å²) in [6.45, 7) is -0.515. The van der Waals surface area contributed by atoms with Gasteiger partial charge in [-0.2, -0.15) is 0 Å². The number of aliphatic hydroxyl groups excluding tert-OH is 3. The first kappa shape index (κ1) is 14.6. The second-order valence-electron chi connectivity index (χ2n) is 4.21. The van der Waals surface area contributed by atoms with Gasteiger partial charge in [-0.3, -0.25) is 9.36 Å². The highest BCUT2D eigenvalue weighted by Gasteiger charge is 2.43. The second kappa shape index (κ2) is 5.67. The number of carbonyl (C=O) groups is 1. The van der Waals surface area contributed by atoms with Crippen LogP contribution in [0.3, 0.4) is 0 Å². The van der Waals surface area contributed by atoms with Gasteiger partial charge >= 0.3 is 5.97 Å². The van der Waals surface area contributed by atoms with Crippen LogP contribution in [0.2, 0.25) is 0 Å². The molecule has 0 radical (unpaired) electrons. The van der Waals surface area contributed by atoms with E-state index in [0.29, 0.717) is 0 Å². The molecule has 9 heteroatoms. The van der Waals surface area contributed by atoms with Crippen molar-refractivity contribution in [2.24, 2.45) is 0 Å². The van der Waals surface area contributed by atoms with E-state index in [9.17, 15) is 19.8 Å². The largest absolute Gasteiger partial charge is 0.464 e. The lowest BCUT2D eigenvalue weighted by Gasteiger charge is -2.17. The summed E-state index contributed by atoms with van der Waals surface area (Å²) < 4.78 is 10.5. The van der Waals surface area contributed by atoms with Gasteiger partial charge in [-0.05, 0) is 0 Å². The van der Waals surface area contributed by atoms with Crippen LogP contribution in [0.15, 0.2) is 17.2 Å². The number of nitrogens with zero attached hydrogens (tertiary/aromatic N) is 2. The summed E-state index contributed by atoms with van der Waals surface area (Å²) in [4.78, 5) is 27.1. The molecule has 1 aliphatic rings. The topological polar surface area (TPSA) is 131 Å². The Morgan fingerprint density at radius 2 is 2.20 bits per heavy atom. The molecule has 9 nitrogen and oxygen atoms in total. The average Bonchev–Trinajstić information content (AvgIpc) is 2.74. The Morgan fingerprint density at radius 3 is 2.75 bits per heavy atom. The lowest BCUT2D eigenvalue weighted by atomic mass is 10.1. The van der Waals surface area contributed by atoms with Crippen molar-refractivity contribution in [2.45, 2.75) is 24.5 Å². The Kier molecular flexibility index (Phi) is 4.14. The fourth-order valence-corrected chi connectivity index (χ4v) is 1.97. The Bertz CT molecular complexity index is 558. The summed E-state index contributed by atoms with van der Waals surface area (Å²) in [7, 11) is 1.10. The molecule has 1 saturated heterocycles. The van der Waals surface area contributed by atoms with Crippen molar-refractivity contribution >= 4 is 5.97 Å². The number of aromatic nitrogens is 2. The molecule has 0 amide bonds. The highest BCUT2D eigenvalue weighted by Crippen LogP contribution is 2.27. The number of hydrogen-bond donors (Lipinski definition) is 3. The SMILES string of the molecule is COC(=O)c1nccn([C@@H]2O[C@H](CO)C(O)C2O)c1=O. The lowest BCUT2D eigenvalue weighted by molar-refractivity contribution is -0.0546. The third-order valence-corrected chi connectivity index (χ3v) is 3.04. The van der Waals surface area contributed by atoms with Crippen molar-refractivity contribution in [3.8, 4) is 0 Å². The van der Waals surface area contributed by atoms with Crippen LogP contribution in [-0.4, -0.2) is 62.9 Å². The first-order valence-corrected chi connectivity index (χ1v) is 5.79. The van der Waals surface area contributed by atoms with Crippen molar-refractivity contribution in [2.75, 3.05) is 13.7 Å². The predicted octanol–water partition coefficient (Wildman–Crippen LogP) is -2.36. The summed E-state index contributed by atoms with van der Waals surface area (Å²) in [6.07, 6.45) is -2.63. The summed E-state index contributed by atoms with van der Waals surface area (Å²) in [5, 5.41) is 28.5. The molecule has 0 saturated carbocycles. The first-order valence-electron chi connectivity index (χ1n) is 5.79. The zero-order chi connectivity index (χ0) is 14.9. The molecule has 2 unspecified atom stereocenters. The van der Waals surface area contributed by atoms with E-state index in [-0.39, 0.29) is 0 Å². The number of ether oxygens (including phenoxy) is 2. The van der Waals surface area contributed by atoms with E-state index in [1.165, 1.54) is 12.4 Å². The van der Waals surface area contributed by atoms with E-state index in [1.807, 2.05) is 0 Å². The quantitative estimate of drug-likeness (QED) is 0.526. The van der Waals surface area contributed by atoms with Gasteiger partial charge in [0.2, 0.25) is 5.69 Å². The van der Waals surface area contributed by atoms with Gasteiger partial charge in [-0.25, -0.2) is 9.78 Å². The Morgan fingerprint density at radius 1 is 1.50 bits per heavy atom. The number of methoxy groups -OCH3 is 1. The predicted molar refractivity (Wildman–Crippen MR) is 62.8 cm³/mol. The summed E-state index contributed by atoms with van der Waals surface area (Å²) >= 11 is 0. The molecule has 0 bridgehead atoms. The molecule has 3 N–H and O–H groups in total. The first-order chi connectivity index (χ1) is 9.51. The molecule has 0 aromatic carbocycles. The van der Waals surface area contributed by atoms with E-state index >= 15 is 0 Å². The average molecular weight is 286 g/mol. The minimum absolute atomic E-state index is 0.465. The number of esters is 1. The Labute approximate surface area is 113 Å². The van der Waals surface area contributed by atoms with Gasteiger partial charge in [-0.1, -0.05) is 0 Å². The fourth-order valence-electron chi connectivity index (χ4n) is 1.97. The molecule has 2 rings (SSSR count). The molecular formula is C11H14N2O7. The van der Waals surface area contributed by atoms with E-state index in [2.05, 4.69) is 9.72 Å². The van der Waals surface area contributed by atoms with Crippen molar-refractivity contribution in [3.63, 3.8) is 0 Å². The third-order valence-electron chi connectivity index (χ3n) is 3.04. The summed E-state index contributed by atoms with van der Waals surface area (Å²) in [6, 6.07) is 0. The number of carbonyl (C=O) groups excluding carboxylic acids is 1. The maximum absolute atomic E-state index is 12.1. The van der Waals surface area contributed by atoms with E-state index < -0.39 is 48.4 Å². The number of hydrogen-bond acceptors (Lipinski definition) is 8. The van der Waals surface area contributed by atoms with E-state index in [0.717, 1.165) is 11.7 Å². The molecule has 2 heterocycles. The van der Waals surface area contributed by atoms with Crippen LogP contribution in [0.25, 0.3) is 0 Å². The Hall–Kier alpha value is -1.81. The molecule has 1 aromatic rings. The molecule has 0 aliphatic carbocycles. The highest BCUT2D eigenvalue weighted by atomic mass is 16.6. The summed E-state index contributed by atoms with van der Waals surface area (Å²) in [5.74, 6) is -0.920. The van der Waals surface area contributed by atoms with Crippen LogP contribution in [0.4, 0.5) is 0 Å². The minimum Gasteiger partial charge on any atom is -0.464 e. The fraction of sp³-hybridized carbons (Fsp3) is 0.545. The Balaban J connectivity index is 2.40. The van der Waals surface area contributed by atoms with Crippen molar-refractivity contribution in [1.82, 2.24) is 9.55 Å². The zero-order valence-electron chi connectivity index (χ0n) is 10.5. The lowest BCUT2D eigenvalue weighted by Crippen LogP contribution is -2.37. The maximum atomic E-state index is 12.1. The third kappa shape index (κ3) is 2.31. The molecule has 0 spiro atoms. The van der Waals surface area contributed by atoms with Gasteiger partial charge in [0.15, 0.2) is 6.23 Å². The van der Waals surface area contributed by atoms with Crippen molar-refractivity contribution < 1.29 is 29.6 Å². The monoisotopic (exact) mass is 286 g/mol. The van der Waals surface area contributed by atoms with Crippen LogP contribution < -0.4 is 5.56 Å². The molecule has 1 fully saturated rings. The number of aliphatic hydroxyl groups is 3. The van der Waals surface area contributed by atoms with E-state index in [4.69, 9.17) is 9.84 Å². The minimum atomic E-state index is -1.42. The summed E-state index contributed by atoms with van der Waals surface area (Å²) in [5.41, 5.74) is -1.29. The van der Waals surface area contributed by atoms with Gasteiger partial charge in [0.25, 0.3) is 5.56 Å². The molecule has 1 aliphatic heterocycles. The van der Waals surface area contributed by atoms with Crippen LogP contribution >= 0.6 is 0 Å².